The normalized spacial score (nSPS) is 14.3. The Kier molecular flexibility index (Phi) is 5.93. The van der Waals surface area contributed by atoms with Crippen LogP contribution in [0, 0.1) is 0 Å². The summed E-state index contributed by atoms with van der Waals surface area (Å²) in [4.78, 5) is 0. The Hall–Kier alpha value is -0.990. The van der Waals surface area contributed by atoms with Crippen molar-refractivity contribution >= 4 is 22.5 Å². The summed E-state index contributed by atoms with van der Waals surface area (Å²) in [7, 11) is 2.08. The highest BCUT2D eigenvalue weighted by molar-refractivity contribution is 7.99. The molecule has 1 N–H and O–H groups in total. The van der Waals surface area contributed by atoms with E-state index in [0.717, 1.165) is 11.7 Å². The Morgan fingerprint density at radius 2 is 1.85 bits per heavy atom. The largest absolute Gasteiger partial charge is 0.316 e. The number of hydrogen-bond acceptors (Lipinski definition) is 2. The second-order valence-corrected chi connectivity index (χ2v) is 6.85. The molecule has 0 fully saturated rings. The van der Waals surface area contributed by atoms with E-state index >= 15 is 0 Å². The lowest BCUT2D eigenvalue weighted by atomic mass is 9.99. The average molecular weight is 287 g/mol. The maximum Gasteiger partial charge on any atom is 0.0195 e. The smallest absolute Gasteiger partial charge is 0.0195 e. The van der Waals surface area contributed by atoms with Crippen LogP contribution >= 0.6 is 11.8 Å². The number of benzene rings is 2. The molecular weight excluding hydrogens is 262 g/mol. The van der Waals surface area contributed by atoms with Gasteiger partial charge in [-0.2, -0.15) is 11.8 Å². The summed E-state index contributed by atoms with van der Waals surface area (Å²) in [5.41, 5.74) is 1.45. The van der Waals surface area contributed by atoms with Crippen LogP contribution in [-0.4, -0.2) is 24.1 Å². The van der Waals surface area contributed by atoms with Crippen molar-refractivity contribution in [2.75, 3.05) is 12.8 Å². The summed E-state index contributed by atoms with van der Waals surface area (Å²) < 4.78 is 0. The van der Waals surface area contributed by atoms with Gasteiger partial charge in [-0.3, -0.25) is 0 Å². The van der Waals surface area contributed by atoms with Crippen molar-refractivity contribution in [3.8, 4) is 0 Å². The molecule has 0 aliphatic rings. The zero-order chi connectivity index (χ0) is 14.4. The molecule has 0 heterocycles. The molecule has 2 atom stereocenters. The van der Waals surface area contributed by atoms with Gasteiger partial charge in [-0.05, 0) is 36.2 Å². The van der Waals surface area contributed by atoms with Crippen LogP contribution in [-0.2, 0) is 6.42 Å². The number of nitrogens with one attached hydrogen (secondary N) is 1. The van der Waals surface area contributed by atoms with Crippen molar-refractivity contribution in [3.05, 3.63) is 48.0 Å². The van der Waals surface area contributed by atoms with Crippen LogP contribution in [0.3, 0.4) is 0 Å². The minimum absolute atomic E-state index is 0.541. The lowest BCUT2D eigenvalue weighted by Crippen LogP contribution is -2.30. The summed E-state index contributed by atoms with van der Waals surface area (Å²) in [5, 5.41) is 6.96. The van der Waals surface area contributed by atoms with Crippen LogP contribution < -0.4 is 5.32 Å². The van der Waals surface area contributed by atoms with Crippen LogP contribution in [0.4, 0.5) is 0 Å². The standard InChI is InChI=1S/C18H25NS/c1-4-14(2)20-13-17(19-3)12-16-10-7-9-15-8-5-6-11-18(15)16/h5-11,14,17,19H,4,12-13H2,1-3H3. The van der Waals surface area contributed by atoms with E-state index in [1.165, 1.54) is 28.5 Å². The molecule has 0 bridgehead atoms. The van der Waals surface area contributed by atoms with Crippen molar-refractivity contribution in [2.45, 2.75) is 38.0 Å². The van der Waals surface area contributed by atoms with E-state index in [2.05, 4.69) is 80.4 Å². The SMILES string of the molecule is CCC(C)SCC(Cc1cccc2ccccc12)NC. The summed E-state index contributed by atoms with van der Waals surface area (Å²) >= 11 is 2.07. The van der Waals surface area contributed by atoms with Crippen LogP contribution in [0.25, 0.3) is 10.8 Å². The summed E-state index contributed by atoms with van der Waals surface area (Å²) in [5.74, 6) is 1.18. The minimum atomic E-state index is 0.541. The van der Waals surface area contributed by atoms with Crippen LogP contribution in [0.1, 0.15) is 25.8 Å². The molecule has 0 saturated heterocycles. The molecule has 0 spiro atoms. The van der Waals surface area contributed by atoms with Gasteiger partial charge in [-0.25, -0.2) is 0 Å². The fourth-order valence-corrected chi connectivity index (χ4v) is 3.46. The molecule has 108 valence electrons. The molecule has 1 nitrogen and oxygen atoms in total. The Morgan fingerprint density at radius 3 is 2.60 bits per heavy atom. The van der Waals surface area contributed by atoms with Gasteiger partial charge in [0.2, 0.25) is 0 Å². The molecule has 0 aliphatic carbocycles. The Labute approximate surface area is 127 Å². The first-order valence-corrected chi connectivity index (χ1v) is 8.55. The average Bonchev–Trinajstić information content (AvgIpc) is 2.51. The van der Waals surface area contributed by atoms with Crippen molar-refractivity contribution in [2.24, 2.45) is 0 Å². The van der Waals surface area contributed by atoms with E-state index in [1.54, 1.807) is 0 Å². The predicted octanol–water partition coefficient (Wildman–Crippen LogP) is 4.50. The number of rotatable bonds is 7. The third kappa shape index (κ3) is 4.00. The third-order valence-corrected chi connectivity index (χ3v) is 5.41. The molecule has 2 rings (SSSR count). The van der Waals surface area contributed by atoms with E-state index in [9.17, 15) is 0 Å². The summed E-state index contributed by atoms with van der Waals surface area (Å²) in [6.45, 7) is 4.58. The Bertz CT molecular complexity index is 532. The van der Waals surface area contributed by atoms with Crippen molar-refractivity contribution in [1.29, 1.82) is 0 Å². The van der Waals surface area contributed by atoms with Gasteiger partial charge in [0.05, 0.1) is 0 Å². The van der Waals surface area contributed by atoms with Crippen LogP contribution in [0.5, 0.6) is 0 Å². The van der Waals surface area contributed by atoms with Crippen molar-refractivity contribution in [3.63, 3.8) is 0 Å². The second kappa shape index (κ2) is 7.70. The van der Waals surface area contributed by atoms with Gasteiger partial charge in [0.1, 0.15) is 0 Å². The Balaban J connectivity index is 2.09. The van der Waals surface area contributed by atoms with Crippen molar-refractivity contribution < 1.29 is 0 Å². The zero-order valence-corrected chi connectivity index (χ0v) is 13.5. The molecule has 0 aromatic heterocycles. The highest BCUT2D eigenvalue weighted by atomic mass is 32.2. The maximum atomic E-state index is 3.47. The highest BCUT2D eigenvalue weighted by Crippen LogP contribution is 2.22. The summed E-state index contributed by atoms with van der Waals surface area (Å²) in [6.07, 6.45) is 2.34. The van der Waals surface area contributed by atoms with Gasteiger partial charge >= 0.3 is 0 Å². The zero-order valence-electron chi connectivity index (χ0n) is 12.7. The van der Waals surface area contributed by atoms with E-state index in [-0.39, 0.29) is 0 Å². The topological polar surface area (TPSA) is 12.0 Å². The first-order valence-electron chi connectivity index (χ1n) is 7.50. The van der Waals surface area contributed by atoms with Gasteiger partial charge < -0.3 is 5.32 Å². The lowest BCUT2D eigenvalue weighted by Gasteiger charge is -2.19. The number of fused-ring (bicyclic) bond motifs is 1. The molecule has 0 amide bonds. The molecule has 0 saturated carbocycles. The van der Waals surface area contributed by atoms with Gasteiger partial charge in [0.25, 0.3) is 0 Å². The summed E-state index contributed by atoms with van der Waals surface area (Å²) in [6, 6.07) is 15.8. The fourth-order valence-electron chi connectivity index (χ4n) is 2.38. The first-order chi connectivity index (χ1) is 9.74. The van der Waals surface area contributed by atoms with E-state index in [1.807, 2.05) is 0 Å². The first kappa shape index (κ1) is 15.4. The van der Waals surface area contributed by atoms with Crippen LogP contribution in [0.2, 0.25) is 0 Å². The van der Waals surface area contributed by atoms with E-state index in [4.69, 9.17) is 0 Å². The predicted molar refractivity (Wildman–Crippen MR) is 92.7 cm³/mol. The van der Waals surface area contributed by atoms with E-state index in [0.29, 0.717) is 6.04 Å². The van der Waals surface area contributed by atoms with Gasteiger partial charge in [0, 0.05) is 17.0 Å². The minimum Gasteiger partial charge on any atom is -0.316 e. The van der Waals surface area contributed by atoms with Gasteiger partial charge in [-0.15, -0.1) is 0 Å². The molecular formula is C18H25NS. The second-order valence-electron chi connectivity index (χ2n) is 5.38. The maximum absolute atomic E-state index is 3.47. The number of hydrogen-bond donors (Lipinski definition) is 1. The molecule has 2 heteroatoms. The Morgan fingerprint density at radius 1 is 1.10 bits per heavy atom. The molecule has 20 heavy (non-hydrogen) atoms. The molecule has 2 aromatic carbocycles. The number of likely N-dealkylation sites (N-methyl/N-ethyl adjacent to an activating group) is 1. The van der Waals surface area contributed by atoms with E-state index < -0.39 is 0 Å². The highest BCUT2D eigenvalue weighted by Gasteiger charge is 2.11. The fraction of sp³-hybridized carbons (Fsp3) is 0.444. The molecule has 0 radical (unpaired) electrons. The van der Waals surface area contributed by atoms with Crippen LogP contribution in [0.15, 0.2) is 42.5 Å². The van der Waals surface area contributed by atoms with Gasteiger partial charge in [0.15, 0.2) is 0 Å². The number of thioether (sulfide) groups is 1. The third-order valence-electron chi connectivity index (χ3n) is 3.91. The van der Waals surface area contributed by atoms with Crippen molar-refractivity contribution in [1.82, 2.24) is 5.32 Å². The lowest BCUT2D eigenvalue weighted by molar-refractivity contribution is 0.618. The monoisotopic (exact) mass is 287 g/mol. The quantitative estimate of drug-likeness (QED) is 0.804. The molecule has 2 unspecified atom stereocenters. The van der Waals surface area contributed by atoms with Gasteiger partial charge in [-0.1, -0.05) is 56.3 Å². The molecule has 0 aliphatic heterocycles. The molecule has 2 aromatic rings.